The molecule has 0 amide bonds. The third kappa shape index (κ3) is 3.59. The van der Waals surface area contributed by atoms with Gasteiger partial charge in [0.05, 0.1) is 21.3 Å². The molecule has 1 N–H and O–H groups in total. The molecule has 19 heavy (non-hydrogen) atoms. The first-order valence-corrected chi connectivity index (χ1v) is 5.59. The minimum absolute atomic E-state index is 0.438. The van der Waals surface area contributed by atoms with Crippen LogP contribution in [0.1, 0.15) is 11.7 Å². The number of carbonyl (C=O) groups is 1. The van der Waals surface area contributed by atoms with Crippen molar-refractivity contribution in [2.24, 2.45) is 0 Å². The quantitative estimate of drug-likeness (QED) is 0.775. The zero-order chi connectivity index (χ0) is 14.4. The lowest BCUT2D eigenvalue weighted by Gasteiger charge is -2.20. The summed E-state index contributed by atoms with van der Waals surface area (Å²) in [7, 11) is 5.55. The number of aliphatic hydroxyl groups excluding tert-OH is 1. The Morgan fingerprint density at radius 1 is 1.05 bits per heavy atom. The number of aliphatic hydroxyl groups is 1. The van der Waals surface area contributed by atoms with Crippen LogP contribution in [0.25, 0.3) is 0 Å². The fraction of sp³-hybridized carbons (Fsp3) is 0.462. The molecular weight excluding hydrogens is 252 g/mol. The largest absolute Gasteiger partial charge is 0.497 e. The summed E-state index contributed by atoms with van der Waals surface area (Å²) in [6.45, 7) is 0. The number of hydrogen-bond donors (Lipinski definition) is 1. The van der Waals surface area contributed by atoms with Crippen molar-refractivity contribution in [1.29, 1.82) is 0 Å². The Balaban J connectivity index is 3.09. The summed E-state index contributed by atoms with van der Waals surface area (Å²) in [5, 5.41) is 10.2. The summed E-state index contributed by atoms with van der Waals surface area (Å²) >= 11 is 0. The van der Waals surface area contributed by atoms with Crippen molar-refractivity contribution >= 4 is 5.97 Å². The zero-order valence-corrected chi connectivity index (χ0v) is 11.4. The first kappa shape index (κ1) is 15.3. The van der Waals surface area contributed by atoms with Crippen molar-refractivity contribution in [3.05, 3.63) is 23.8 Å². The van der Waals surface area contributed by atoms with E-state index >= 15 is 0 Å². The molecule has 0 fully saturated rings. The Kier molecular flexibility index (Phi) is 5.59. The van der Waals surface area contributed by atoms with Gasteiger partial charge >= 0.3 is 5.97 Å². The highest BCUT2D eigenvalue weighted by Crippen LogP contribution is 2.29. The topological polar surface area (TPSA) is 74.2 Å². The van der Waals surface area contributed by atoms with E-state index in [2.05, 4.69) is 4.74 Å². The van der Waals surface area contributed by atoms with Crippen LogP contribution in [0.3, 0.4) is 0 Å². The van der Waals surface area contributed by atoms with Crippen LogP contribution < -0.4 is 9.47 Å². The van der Waals surface area contributed by atoms with Gasteiger partial charge in [-0.15, -0.1) is 0 Å². The third-order valence-corrected chi connectivity index (χ3v) is 2.69. The van der Waals surface area contributed by atoms with Crippen molar-refractivity contribution < 1.29 is 28.8 Å². The summed E-state index contributed by atoms with van der Waals surface area (Å²) in [5.41, 5.74) is 0.438. The van der Waals surface area contributed by atoms with E-state index in [-0.39, 0.29) is 0 Å². The molecule has 6 heteroatoms. The molecule has 0 heterocycles. The number of rotatable bonds is 6. The van der Waals surface area contributed by atoms with Gasteiger partial charge in [-0.25, -0.2) is 4.79 Å². The average Bonchev–Trinajstić information content (AvgIpc) is 2.46. The maximum absolute atomic E-state index is 11.5. The van der Waals surface area contributed by atoms with Gasteiger partial charge in [-0.3, -0.25) is 0 Å². The van der Waals surface area contributed by atoms with E-state index in [0.717, 1.165) is 0 Å². The molecule has 0 saturated heterocycles. The molecule has 106 valence electrons. The van der Waals surface area contributed by atoms with E-state index < -0.39 is 18.2 Å². The fourth-order valence-electron chi connectivity index (χ4n) is 1.65. The standard InChI is InChI=1S/C13H18O6/c1-16-9-5-8(6-10(7-9)17-2)11(14)12(18-3)13(15)19-4/h5-7,11-12,14H,1-4H3. The first-order valence-electron chi connectivity index (χ1n) is 5.59. The van der Waals surface area contributed by atoms with Gasteiger partial charge in [0.2, 0.25) is 0 Å². The van der Waals surface area contributed by atoms with Crippen molar-refractivity contribution in [1.82, 2.24) is 0 Å². The maximum atomic E-state index is 11.5. The van der Waals surface area contributed by atoms with Crippen molar-refractivity contribution in [3.8, 4) is 11.5 Å². The van der Waals surface area contributed by atoms with Gasteiger partial charge in [0.1, 0.15) is 17.6 Å². The van der Waals surface area contributed by atoms with E-state index in [1.54, 1.807) is 18.2 Å². The van der Waals surface area contributed by atoms with E-state index in [1.807, 2.05) is 0 Å². The van der Waals surface area contributed by atoms with Crippen LogP contribution >= 0.6 is 0 Å². The van der Waals surface area contributed by atoms with Crippen LogP contribution in [0.15, 0.2) is 18.2 Å². The number of methoxy groups -OCH3 is 4. The lowest BCUT2D eigenvalue weighted by atomic mass is 10.0. The van der Waals surface area contributed by atoms with E-state index in [9.17, 15) is 9.90 Å². The Bertz CT molecular complexity index is 409. The molecule has 0 spiro atoms. The van der Waals surface area contributed by atoms with Gasteiger partial charge < -0.3 is 24.1 Å². The summed E-state index contributed by atoms with van der Waals surface area (Å²) in [6, 6.07) is 4.86. The molecule has 6 nitrogen and oxygen atoms in total. The molecule has 0 aliphatic heterocycles. The smallest absolute Gasteiger partial charge is 0.338 e. The molecule has 1 aromatic rings. The predicted octanol–water partition coefficient (Wildman–Crippen LogP) is 0.925. The van der Waals surface area contributed by atoms with Crippen LogP contribution in [0.2, 0.25) is 0 Å². The fourth-order valence-corrected chi connectivity index (χ4v) is 1.65. The molecule has 2 atom stereocenters. The maximum Gasteiger partial charge on any atom is 0.338 e. The van der Waals surface area contributed by atoms with Crippen LogP contribution in [0.4, 0.5) is 0 Å². The third-order valence-electron chi connectivity index (χ3n) is 2.69. The van der Waals surface area contributed by atoms with Gasteiger partial charge in [0.25, 0.3) is 0 Å². The zero-order valence-electron chi connectivity index (χ0n) is 11.4. The summed E-state index contributed by atoms with van der Waals surface area (Å²) in [6.07, 6.45) is -2.29. The Morgan fingerprint density at radius 2 is 1.58 bits per heavy atom. The number of hydrogen-bond acceptors (Lipinski definition) is 6. The normalized spacial score (nSPS) is 13.5. The Morgan fingerprint density at radius 3 is 1.95 bits per heavy atom. The molecule has 0 saturated carbocycles. The lowest BCUT2D eigenvalue weighted by molar-refractivity contribution is -0.159. The second kappa shape index (κ2) is 6.96. The van der Waals surface area contributed by atoms with Gasteiger partial charge in [-0.1, -0.05) is 0 Å². The molecule has 0 bridgehead atoms. The first-order chi connectivity index (χ1) is 9.07. The highest BCUT2D eigenvalue weighted by Gasteiger charge is 2.29. The second-order valence-corrected chi connectivity index (χ2v) is 3.77. The second-order valence-electron chi connectivity index (χ2n) is 3.77. The molecule has 0 aliphatic carbocycles. The highest BCUT2D eigenvalue weighted by molar-refractivity contribution is 5.75. The summed E-state index contributed by atoms with van der Waals surface area (Å²) in [5.74, 6) is 0.359. The molecule has 1 rings (SSSR count). The van der Waals surface area contributed by atoms with E-state index in [0.29, 0.717) is 17.1 Å². The van der Waals surface area contributed by atoms with Gasteiger partial charge in [-0.05, 0) is 17.7 Å². The summed E-state index contributed by atoms with van der Waals surface area (Å²) < 4.78 is 19.7. The minimum Gasteiger partial charge on any atom is -0.497 e. The number of ether oxygens (including phenoxy) is 4. The summed E-state index contributed by atoms with van der Waals surface area (Å²) in [4.78, 5) is 11.5. The van der Waals surface area contributed by atoms with E-state index in [4.69, 9.17) is 14.2 Å². The van der Waals surface area contributed by atoms with Crippen LogP contribution in [0, 0.1) is 0 Å². The Hall–Kier alpha value is -1.79. The number of esters is 1. The molecule has 2 unspecified atom stereocenters. The number of carbonyl (C=O) groups excluding carboxylic acids is 1. The lowest BCUT2D eigenvalue weighted by Crippen LogP contribution is -2.31. The highest BCUT2D eigenvalue weighted by atomic mass is 16.6. The van der Waals surface area contributed by atoms with Gasteiger partial charge in [-0.2, -0.15) is 0 Å². The van der Waals surface area contributed by atoms with E-state index in [1.165, 1.54) is 28.4 Å². The molecule has 0 aliphatic rings. The van der Waals surface area contributed by atoms with Crippen molar-refractivity contribution in [3.63, 3.8) is 0 Å². The van der Waals surface area contributed by atoms with Crippen LogP contribution in [-0.2, 0) is 14.3 Å². The minimum atomic E-state index is -1.18. The molecule has 0 radical (unpaired) electrons. The SMILES string of the molecule is COC(=O)C(OC)C(O)c1cc(OC)cc(OC)c1. The molecule has 1 aromatic carbocycles. The van der Waals surface area contributed by atoms with Gasteiger partial charge in [0.15, 0.2) is 6.10 Å². The van der Waals surface area contributed by atoms with Crippen molar-refractivity contribution in [2.45, 2.75) is 12.2 Å². The predicted molar refractivity (Wildman–Crippen MR) is 67.3 cm³/mol. The van der Waals surface area contributed by atoms with Crippen molar-refractivity contribution in [2.75, 3.05) is 28.4 Å². The average molecular weight is 270 g/mol. The van der Waals surface area contributed by atoms with Crippen LogP contribution in [-0.4, -0.2) is 45.6 Å². The molecule has 0 aromatic heterocycles. The van der Waals surface area contributed by atoms with Crippen LogP contribution in [0.5, 0.6) is 11.5 Å². The number of benzene rings is 1. The monoisotopic (exact) mass is 270 g/mol. The van der Waals surface area contributed by atoms with Gasteiger partial charge in [0, 0.05) is 13.2 Å². The Labute approximate surface area is 111 Å². The molecular formula is C13H18O6.